The number of nitrogens with zero attached hydrogens (tertiary/aromatic N) is 1. The molecule has 1 fully saturated rings. The smallest absolute Gasteiger partial charge is 0.164 e. The van der Waals surface area contributed by atoms with Gasteiger partial charge in [0.1, 0.15) is 0 Å². The van der Waals surface area contributed by atoms with Gasteiger partial charge in [0.25, 0.3) is 0 Å². The van der Waals surface area contributed by atoms with Crippen LogP contribution in [0.1, 0.15) is 67.5 Å². The molecular formula is C15H21NO. The topological polar surface area (TPSA) is 22.0 Å². The van der Waals surface area contributed by atoms with E-state index < -0.39 is 0 Å². The molecule has 0 amide bonds. The van der Waals surface area contributed by atoms with E-state index in [1.165, 1.54) is 31.4 Å². The zero-order valence-electron chi connectivity index (χ0n) is 10.6. The first-order valence-corrected chi connectivity index (χ1v) is 7.00. The quantitative estimate of drug-likeness (QED) is 0.721. The Labute approximate surface area is 103 Å². The van der Waals surface area contributed by atoms with Crippen LogP contribution in [0, 0.1) is 5.92 Å². The average molecular weight is 231 g/mol. The summed E-state index contributed by atoms with van der Waals surface area (Å²) >= 11 is 0. The summed E-state index contributed by atoms with van der Waals surface area (Å²) in [6.45, 7) is 2.36. The molecule has 0 N–H and O–H groups in total. The SMILES string of the molecule is CC1CCCCC1n1ccc2c1CCCC2=O. The number of hydrogen-bond acceptors (Lipinski definition) is 1. The molecule has 3 rings (SSSR count). The predicted octanol–water partition coefficient (Wildman–Crippen LogP) is 3.76. The van der Waals surface area contributed by atoms with E-state index in [1.54, 1.807) is 0 Å². The van der Waals surface area contributed by atoms with Gasteiger partial charge >= 0.3 is 0 Å². The third kappa shape index (κ3) is 1.84. The van der Waals surface area contributed by atoms with Crippen molar-refractivity contribution in [3.63, 3.8) is 0 Å². The fourth-order valence-corrected chi connectivity index (χ4v) is 3.57. The summed E-state index contributed by atoms with van der Waals surface area (Å²) in [4.78, 5) is 11.8. The van der Waals surface area contributed by atoms with Gasteiger partial charge in [0.05, 0.1) is 0 Å². The molecule has 2 heteroatoms. The van der Waals surface area contributed by atoms with E-state index in [2.05, 4.69) is 23.8 Å². The predicted molar refractivity (Wildman–Crippen MR) is 68.4 cm³/mol. The molecule has 92 valence electrons. The Kier molecular flexibility index (Phi) is 2.81. The minimum Gasteiger partial charge on any atom is -0.347 e. The third-order valence-corrected chi connectivity index (χ3v) is 4.57. The number of aromatic nitrogens is 1. The third-order valence-electron chi connectivity index (χ3n) is 4.57. The fourth-order valence-electron chi connectivity index (χ4n) is 3.57. The summed E-state index contributed by atoms with van der Waals surface area (Å²) in [5.74, 6) is 1.12. The molecular weight excluding hydrogens is 210 g/mol. The van der Waals surface area contributed by atoms with Crippen molar-refractivity contribution in [3.8, 4) is 0 Å². The number of ketones is 1. The molecule has 0 saturated heterocycles. The summed E-state index contributed by atoms with van der Waals surface area (Å²) in [7, 11) is 0. The van der Waals surface area contributed by atoms with Crippen molar-refractivity contribution in [2.75, 3.05) is 0 Å². The number of carbonyl (C=O) groups excluding carboxylic acids is 1. The fraction of sp³-hybridized carbons (Fsp3) is 0.667. The van der Waals surface area contributed by atoms with E-state index in [4.69, 9.17) is 0 Å². The lowest BCUT2D eigenvalue weighted by Gasteiger charge is -2.32. The van der Waals surface area contributed by atoms with Crippen LogP contribution in [0.15, 0.2) is 12.3 Å². The Morgan fingerprint density at radius 1 is 1.18 bits per heavy atom. The van der Waals surface area contributed by atoms with Crippen molar-refractivity contribution in [2.24, 2.45) is 5.92 Å². The van der Waals surface area contributed by atoms with Crippen LogP contribution in [0.3, 0.4) is 0 Å². The zero-order valence-corrected chi connectivity index (χ0v) is 10.6. The number of hydrogen-bond donors (Lipinski definition) is 0. The van der Waals surface area contributed by atoms with Gasteiger partial charge in [0, 0.05) is 29.9 Å². The van der Waals surface area contributed by atoms with E-state index in [-0.39, 0.29) is 0 Å². The van der Waals surface area contributed by atoms with Crippen LogP contribution in [0.25, 0.3) is 0 Å². The van der Waals surface area contributed by atoms with Gasteiger partial charge in [-0.15, -0.1) is 0 Å². The normalized spacial score (nSPS) is 29.1. The first kappa shape index (κ1) is 11.1. The van der Waals surface area contributed by atoms with E-state index in [9.17, 15) is 4.79 Å². The number of rotatable bonds is 1. The minimum atomic E-state index is 0.355. The maximum absolute atomic E-state index is 11.8. The van der Waals surface area contributed by atoms with Crippen LogP contribution in [0.2, 0.25) is 0 Å². The average Bonchev–Trinajstić information content (AvgIpc) is 2.75. The summed E-state index contributed by atoms with van der Waals surface area (Å²) in [5, 5.41) is 0. The number of fused-ring (bicyclic) bond motifs is 1. The highest BCUT2D eigenvalue weighted by Crippen LogP contribution is 2.36. The molecule has 0 aromatic carbocycles. The number of carbonyl (C=O) groups is 1. The van der Waals surface area contributed by atoms with Crippen LogP contribution < -0.4 is 0 Å². The Morgan fingerprint density at radius 2 is 2.00 bits per heavy atom. The van der Waals surface area contributed by atoms with Crippen molar-refractivity contribution >= 4 is 5.78 Å². The largest absolute Gasteiger partial charge is 0.347 e. The highest BCUT2D eigenvalue weighted by atomic mass is 16.1. The van der Waals surface area contributed by atoms with Gasteiger partial charge in [-0.2, -0.15) is 0 Å². The lowest BCUT2D eigenvalue weighted by molar-refractivity contribution is 0.0971. The molecule has 1 heterocycles. The molecule has 0 bridgehead atoms. The Morgan fingerprint density at radius 3 is 2.82 bits per heavy atom. The first-order chi connectivity index (χ1) is 8.27. The van der Waals surface area contributed by atoms with Crippen molar-refractivity contribution in [1.82, 2.24) is 4.57 Å². The summed E-state index contributed by atoms with van der Waals surface area (Å²) < 4.78 is 2.43. The van der Waals surface area contributed by atoms with Gasteiger partial charge in [-0.25, -0.2) is 0 Å². The summed E-state index contributed by atoms with van der Waals surface area (Å²) in [6.07, 6.45) is 10.4. The van der Waals surface area contributed by atoms with E-state index in [1.807, 2.05) is 0 Å². The summed E-state index contributed by atoms with van der Waals surface area (Å²) in [6, 6.07) is 2.69. The monoisotopic (exact) mass is 231 g/mol. The molecule has 0 spiro atoms. The minimum absolute atomic E-state index is 0.355. The van der Waals surface area contributed by atoms with Crippen molar-refractivity contribution in [1.29, 1.82) is 0 Å². The summed E-state index contributed by atoms with van der Waals surface area (Å²) in [5.41, 5.74) is 2.33. The molecule has 0 radical (unpaired) electrons. The first-order valence-electron chi connectivity index (χ1n) is 7.00. The molecule has 2 atom stereocenters. The van der Waals surface area contributed by atoms with Crippen molar-refractivity contribution < 1.29 is 4.79 Å². The van der Waals surface area contributed by atoms with Gasteiger partial charge < -0.3 is 4.57 Å². The van der Waals surface area contributed by atoms with Gasteiger partial charge in [-0.3, -0.25) is 4.79 Å². The van der Waals surface area contributed by atoms with Crippen molar-refractivity contribution in [2.45, 2.75) is 57.9 Å². The van der Waals surface area contributed by atoms with E-state index in [0.717, 1.165) is 30.7 Å². The molecule has 17 heavy (non-hydrogen) atoms. The van der Waals surface area contributed by atoms with E-state index in [0.29, 0.717) is 11.8 Å². The van der Waals surface area contributed by atoms with Crippen LogP contribution in [0.4, 0.5) is 0 Å². The highest BCUT2D eigenvalue weighted by Gasteiger charge is 2.27. The standard InChI is InChI=1S/C15H21NO/c1-11-5-2-3-6-13(11)16-10-9-12-14(16)7-4-8-15(12)17/h9-11,13H,2-8H2,1H3. The highest BCUT2D eigenvalue weighted by molar-refractivity contribution is 5.98. The molecule has 1 aromatic heterocycles. The second-order valence-corrected chi connectivity index (χ2v) is 5.69. The maximum Gasteiger partial charge on any atom is 0.164 e. The Bertz CT molecular complexity index is 432. The van der Waals surface area contributed by atoms with Gasteiger partial charge in [0.2, 0.25) is 0 Å². The molecule has 2 unspecified atom stereocenters. The number of Topliss-reactive ketones (excluding diaryl/α,β-unsaturated/α-hetero) is 1. The Hall–Kier alpha value is -1.05. The maximum atomic E-state index is 11.8. The Balaban J connectivity index is 1.95. The lowest BCUT2D eigenvalue weighted by Crippen LogP contribution is -2.23. The second kappa shape index (κ2) is 4.32. The van der Waals surface area contributed by atoms with Gasteiger partial charge in [0.15, 0.2) is 5.78 Å². The van der Waals surface area contributed by atoms with Crippen molar-refractivity contribution in [3.05, 3.63) is 23.5 Å². The van der Waals surface area contributed by atoms with E-state index >= 15 is 0 Å². The molecule has 1 aromatic rings. The van der Waals surface area contributed by atoms with Crippen LogP contribution in [-0.2, 0) is 6.42 Å². The molecule has 2 nitrogen and oxygen atoms in total. The molecule has 2 aliphatic carbocycles. The lowest BCUT2D eigenvalue weighted by atomic mass is 9.85. The van der Waals surface area contributed by atoms with Crippen LogP contribution >= 0.6 is 0 Å². The van der Waals surface area contributed by atoms with Crippen LogP contribution in [0.5, 0.6) is 0 Å². The molecule has 0 aliphatic heterocycles. The van der Waals surface area contributed by atoms with Gasteiger partial charge in [-0.05, 0) is 37.7 Å². The molecule has 2 aliphatic rings. The second-order valence-electron chi connectivity index (χ2n) is 5.69. The molecule has 1 saturated carbocycles. The van der Waals surface area contributed by atoms with Gasteiger partial charge in [-0.1, -0.05) is 19.8 Å². The zero-order chi connectivity index (χ0) is 11.8. The van der Waals surface area contributed by atoms with Crippen LogP contribution in [-0.4, -0.2) is 10.4 Å².